The maximum Gasteiger partial charge on any atom is 0.245 e. The Kier molecular flexibility index (Phi) is 5.53. The van der Waals surface area contributed by atoms with Crippen LogP contribution in [0.25, 0.3) is 11.2 Å². The van der Waals surface area contributed by atoms with E-state index in [1.165, 1.54) is 0 Å². The van der Waals surface area contributed by atoms with Crippen molar-refractivity contribution < 1.29 is 4.79 Å². The number of nitrogens with one attached hydrogen (secondary N) is 2. The lowest BCUT2D eigenvalue weighted by atomic mass is 10.3. The van der Waals surface area contributed by atoms with Crippen LogP contribution in [-0.4, -0.2) is 41.8 Å². The van der Waals surface area contributed by atoms with Crippen molar-refractivity contribution in [2.24, 2.45) is 0 Å². The highest BCUT2D eigenvalue weighted by molar-refractivity contribution is 5.91. The first-order chi connectivity index (χ1) is 13.0. The van der Waals surface area contributed by atoms with Crippen molar-refractivity contribution in [1.82, 2.24) is 29.3 Å². The van der Waals surface area contributed by atoms with Gasteiger partial charge in [0.2, 0.25) is 11.9 Å². The molecule has 0 fully saturated rings. The molecule has 0 spiro atoms. The molecule has 144 valence electrons. The number of unbranched alkanes of at least 4 members (excludes halogenated alkanes) is 1. The number of nitrogen functional groups attached to an aromatic ring is 1. The van der Waals surface area contributed by atoms with Crippen LogP contribution in [0.1, 0.15) is 32.4 Å². The fourth-order valence-electron chi connectivity index (χ4n) is 2.81. The number of aryl methyl sites for hydroxylation is 2. The maximum atomic E-state index is 12.5. The molecule has 3 heterocycles. The van der Waals surface area contributed by atoms with Gasteiger partial charge in [0.25, 0.3) is 0 Å². The van der Waals surface area contributed by atoms with Crippen LogP contribution in [0.2, 0.25) is 0 Å². The highest BCUT2D eigenvalue weighted by Gasteiger charge is 2.15. The minimum atomic E-state index is -0.193. The van der Waals surface area contributed by atoms with Crippen molar-refractivity contribution in [2.45, 2.75) is 46.7 Å². The zero-order valence-electron chi connectivity index (χ0n) is 15.9. The van der Waals surface area contributed by atoms with Crippen molar-refractivity contribution in [1.29, 1.82) is 0 Å². The number of hydrogen-bond acceptors (Lipinski definition) is 7. The number of imidazole rings is 1. The fraction of sp³-hybridized carbons (Fsp3) is 0.471. The Morgan fingerprint density at radius 1 is 1.30 bits per heavy atom. The molecule has 0 unspecified atom stereocenters. The third-order valence-electron chi connectivity index (χ3n) is 4.09. The van der Waals surface area contributed by atoms with E-state index in [0.717, 1.165) is 25.1 Å². The molecule has 4 N–H and O–H groups in total. The zero-order chi connectivity index (χ0) is 19.4. The highest BCUT2D eigenvalue weighted by atomic mass is 16.2. The SMILES string of the molecule is CCCCNc1nc(N)nc2c1ncn2CC(=O)Nc1cc(C)nn1CC. The zero-order valence-corrected chi connectivity index (χ0v) is 15.9. The summed E-state index contributed by atoms with van der Waals surface area (Å²) in [4.78, 5) is 25.3. The van der Waals surface area contributed by atoms with Gasteiger partial charge < -0.3 is 20.9 Å². The number of anilines is 3. The summed E-state index contributed by atoms with van der Waals surface area (Å²) in [6, 6.07) is 1.84. The number of rotatable bonds is 8. The van der Waals surface area contributed by atoms with Crippen LogP contribution in [-0.2, 0) is 17.9 Å². The number of hydrogen-bond donors (Lipinski definition) is 3. The largest absolute Gasteiger partial charge is 0.368 e. The Morgan fingerprint density at radius 2 is 2.11 bits per heavy atom. The first-order valence-electron chi connectivity index (χ1n) is 9.08. The van der Waals surface area contributed by atoms with Crippen LogP contribution in [0.5, 0.6) is 0 Å². The van der Waals surface area contributed by atoms with Gasteiger partial charge >= 0.3 is 0 Å². The minimum Gasteiger partial charge on any atom is -0.368 e. The molecule has 0 radical (unpaired) electrons. The average Bonchev–Trinajstić information content (AvgIpc) is 3.18. The van der Waals surface area contributed by atoms with E-state index >= 15 is 0 Å². The summed E-state index contributed by atoms with van der Waals surface area (Å²) in [5, 5.41) is 10.4. The second-order valence-electron chi connectivity index (χ2n) is 6.29. The molecule has 0 saturated heterocycles. The van der Waals surface area contributed by atoms with Crippen LogP contribution >= 0.6 is 0 Å². The third kappa shape index (κ3) is 4.15. The third-order valence-corrected chi connectivity index (χ3v) is 4.09. The van der Waals surface area contributed by atoms with Gasteiger partial charge in [-0.2, -0.15) is 15.1 Å². The number of aromatic nitrogens is 6. The summed E-state index contributed by atoms with van der Waals surface area (Å²) >= 11 is 0. The summed E-state index contributed by atoms with van der Waals surface area (Å²) in [5.41, 5.74) is 7.81. The monoisotopic (exact) mass is 371 g/mol. The van der Waals surface area contributed by atoms with Crippen LogP contribution in [0.4, 0.5) is 17.6 Å². The predicted molar refractivity (Wildman–Crippen MR) is 104 cm³/mol. The molecule has 10 heteroatoms. The van der Waals surface area contributed by atoms with Gasteiger partial charge in [-0.15, -0.1) is 0 Å². The highest BCUT2D eigenvalue weighted by Crippen LogP contribution is 2.20. The van der Waals surface area contributed by atoms with Gasteiger partial charge in [-0.3, -0.25) is 4.79 Å². The molecule has 10 nitrogen and oxygen atoms in total. The van der Waals surface area contributed by atoms with E-state index in [2.05, 4.69) is 37.6 Å². The topological polar surface area (TPSA) is 129 Å². The molecule has 0 aliphatic heterocycles. The van der Waals surface area contributed by atoms with Crippen molar-refractivity contribution in [2.75, 3.05) is 22.9 Å². The number of amides is 1. The number of nitrogens with two attached hydrogens (primary N) is 1. The van der Waals surface area contributed by atoms with Crippen LogP contribution in [0.3, 0.4) is 0 Å². The number of carbonyl (C=O) groups is 1. The summed E-state index contributed by atoms with van der Waals surface area (Å²) in [7, 11) is 0. The van der Waals surface area contributed by atoms with E-state index in [4.69, 9.17) is 5.73 Å². The van der Waals surface area contributed by atoms with Gasteiger partial charge in [-0.25, -0.2) is 9.67 Å². The molecular formula is C17H25N9O. The Hall–Kier alpha value is -3.17. The molecule has 0 bridgehead atoms. The molecule has 27 heavy (non-hydrogen) atoms. The molecule has 1 amide bonds. The first-order valence-corrected chi connectivity index (χ1v) is 9.08. The van der Waals surface area contributed by atoms with E-state index in [9.17, 15) is 4.79 Å². The predicted octanol–water partition coefficient (Wildman–Crippen LogP) is 1.78. The average molecular weight is 371 g/mol. The van der Waals surface area contributed by atoms with Crippen molar-refractivity contribution in [3.05, 3.63) is 18.1 Å². The molecule has 3 rings (SSSR count). The molecule has 0 aliphatic rings. The minimum absolute atomic E-state index is 0.0648. The Balaban J connectivity index is 1.79. The Morgan fingerprint density at radius 3 is 2.85 bits per heavy atom. The van der Waals surface area contributed by atoms with Gasteiger partial charge in [0.05, 0.1) is 12.0 Å². The molecule has 3 aromatic heterocycles. The lowest BCUT2D eigenvalue weighted by molar-refractivity contribution is -0.116. The Bertz CT molecular complexity index is 943. The molecule has 3 aromatic rings. The van der Waals surface area contributed by atoms with E-state index in [0.29, 0.717) is 29.3 Å². The van der Waals surface area contributed by atoms with Gasteiger partial charge in [-0.1, -0.05) is 13.3 Å². The van der Waals surface area contributed by atoms with Crippen LogP contribution in [0.15, 0.2) is 12.4 Å². The van der Waals surface area contributed by atoms with E-state index in [-0.39, 0.29) is 18.4 Å². The summed E-state index contributed by atoms with van der Waals surface area (Å²) in [6.07, 6.45) is 3.66. The molecule has 0 saturated carbocycles. The Labute approximate surface area is 157 Å². The number of carbonyl (C=O) groups excluding carboxylic acids is 1. The number of fused-ring (bicyclic) bond motifs is 1. The van der Waals surface area contributed by atoms with Crippen molar-refractivity contribution in [3.63, 3.8) is 0 Å². The second kappa shape index (κ2) is 8.02. The molecule has 0 atom stereocenters. The summed E-state index contributed by atoms with van der Waals surface area (Å²) in [6.45, 7) is 7.49. The van der Waals surface area contributed by atoms with Gasteiger partial charge in [0.15, 0.2) is 17.0 Å². The summed E-state index contributed by atoms with van der Waals surface area (Å²) in [5.74, 6) is 1.20. The van der Waals surface area contributed by atoms with Crippen molar-refractivity contribution >= 4 is 34.7 Å². The smallest absolute Gasteiger partial charge is 0.245 e. The quantitative estimate of drug-likeness (QED) is 0.515. The van der Waals surface area contributed by atoms with Crippen molar-refractivity contribution in [3.8, 4) is 0 Å². The van der Waals surface area contributed by atoms with E-state index in [1.54, 1.807) is 15.6 Å². The van der Waals surface area contributed by atoms with Gasteiger partial charge in [0, 0.05) is 19.2 Å². The van der Waals surface area contributed by atoms with E-state index < -0.39 is 0 Å². The first kappa shape index (κ1) is 18.6. The van der Waals surface area contributed by atoms with Gasteiger partial charge in [0.1, 0.15) is 12.4 Å². The summed E-state index contributed by atoms with van der Waals surface area (Å²) < 4.78 is 3.41. The van der Waals surface area contributed by atoms with E-state index in [1.807, 2.05) is 19.9 Å². The number of nitrogens with zero attached hydrogens (tertiary/aromatic N) is 6. The fourth-order valence-corrected chi connectivity index (χ4v) is 2.81. The normalized spacial score (nSPS) is 11.1. The lowest BCUT2D eigenvalue weighted by Crippen LogP contribution is -2.20. The maximum absolute atomic E-state index is 12.5. The molecule has 0 aromatic carbocycles. The standard InChI is InChI=1S/C17H25N9O/c1-4-6-7-19-15-14-16(23-17(18)22-15)25(10-20-14)9-13(27)21-12-8-11(3)24-26(12)5-2/h8,10H,4-7,9H2,1-3H3,(H,21,27)(H3,18,19,22,23). The van der Waals surface area contributed by atoms with Crippen LogP contribution < -0.4 is 16.4 Å². The second-order valence-corrected chi connectivity index (χ2v) is 6.29. The molecular weight excluding hydrogens is 346 g/mol. The van der Waals surface area contributed by atoms with Crippen LogP contribution in [0, 0.1) is 6.92 Å². The molecule has 0 aliphatic carbocycles. The lowest BCUT2D eigenvalue weighted by Gasteiger charge is -2.09. The van der Waals surface area contributed by atoms with Gasteiger partial charge in [-0.05, 0) is 20.3 Å².